The highest BCUT2D eigenvalue weighted by atomic mass is 19.3. The predicted molar refractivity (Wildman–Crippen MR) is 117 cm³/mol. The van der Waals surface area contributed by atoms with Gasteiger partial charge in [0.15, 0.2) is 17.4 Å². The summed E-state index contributed by atoms with van der Waals surface area (Å²) in [7, 11) is 0. The fourth-order valence-corrected chi connectivity index (χ4v) is 4.96. The first-order valence-electron chi connectivity index (χ1n) is 11.2. The van der Waals surface area contributed by atoms with Crippen LogP contribution in [0.25, 0.3) is 0 Å². The molecule has 1 fully saturated rings. The van der Waals surface area contributed by atoms with Gasteiger partial charge in [-0.25, -0.2) is 22.0 Å². The molecular formula is C24H22F5N3O4. The third-order valence-corrected chi connectivity index (χ3v) is 6.56. The summed E-state index contributed by atoms with van der Waals surface area (Å²) in [4.78, 5) is 51.2. The fraction of sp³-hybridized carbons (Fsp3) is 0.417. The SMILES string of the molecule is CCC(=O)C1(NC(=O)C(=O)c2c(C)c(C(=O)Nc3ccc(F)c(F)c3)n3c2C[C@@H](F)C3)CC(F)(F)C1. The molecule has 0 bridgehead atoms. The maximum atomic E-state index is 14.3. The maximum Gasteiger partial charge on any atom is 0.293 e. The maximum absolute atomic E-state index is 14.3. The van der Waals surface area contributed by atoms with Crippen molar-refractivity contribution in [2.75, 3.05) is 5.32 Å². The number of nitrogens with zero attached hydrogens (tertiary/aromatic N) is 1. The minimum atomic E-state index is -3.17. The van der Waals surface area contributed by atoms with Gasteiger partial charge in [-0.2, -0.15) is 0 Å². The van der Waals surface area contributed by atoms with E-state index in [1.165, 1.54) is 18.4 Å². The number of halogens is 5. The summed E-state index contributed by atoms with van der Waals surface area (Å²) < 4.78 is 69.4. The van der Waals surface area contributed by atoms with Crippen LogP contribution in [0.15, 0.2) is 18.2 Å². The van der Waals surface area contributed by atoms with E-state index >= 15 is 0 Å². The number of anilines is 1. The van der Waals surface area contributed by atoms with Crippen molar-refractivity contribution in [2.24, 2.45) is 0 Å². The number of rotatable bonds is 7. The van der Waals surface area contributed by atoms with Crippen molar-refractivity contribution in [3.8, 4) is 0 Å². The Morgan fingerprint density at radius 1 is 1.11 bits per heavy atom. The average molecular weight is 511 g/mol. The van der Waals surface area contributed by atoms with Crippen molar-refractivity contribution in [1.29, 1.82) is 0 Å². The Labute approximate surface area is 202 Å². The first-order valence-corrected chi connectivity index (χ1v) is 11.2. The van der Waals surface area contributed by atoms with Crippen LogP contribution in [0.1, 0.15) is 58.3 Å². The number of nitrogens with one attached hydrogen (secondary N) is 2. The molecule has 2 heterocycles. The lowest BCUT2D eigenvalue weighted by Crippen LogP contribution is -2.67. The molecule has 1 atom stereocenters. The van der Waals surface area contributed by atoms with Crippen LogP contribution >= 0.6 is 0 Å². The summed E-state index contributed by atoms with van der Waals surface area (Å²) in [5.74, 6) is -9.53. The number of hydrogen-bond acceptors (Lipinski definition) is 4. The van der Waals surface area contributed by atoms with Gasteiger partial charge in [-0.1, -0.05) is 6.92 Å². The van der Waals surface area contributed by atoms with Crippen LogP contribution in [-0.4, -0.2) is 45.6 Å². The highest BCUT2D eigenvalue weighted by Gasteiger charge is 2.61. The van der Waals surface area contributed by atoms with Gasteiger partial charge in [0.2, 0.25) is 0 Å². The highest BCUT2D eigenvalue weighted by molar-refractivity contribution is 6.44. The van der Waals surface area contributed by atoms with Gasteiger partial charge in [0.25, 0.3) is 23.5 Å². The summed E-state index contributed by atoms with van der Waals surface area (Å²) >= 11 is 0. The zero-order chi connectivity index (χ0) is 26.6. The first kappa shape index (κ1) is 25.5. The summed E-state index contributed by atoms with van der Waals surface area (Å²) in [5.41, 5.74) is -2.33. The predicted octanol–water partition coefficient (Wildman–Crippen LogP) is 3.67. The smallest absolute Gasteiger partial charge is 0.293 e. The second kappa shape index (κ2) is 8.82. The Hall–Kier alpha value is -3.57. The Morgan fingerprint density at radius 3 is 2.36 bits per heavy atom. The van der Waals surface area contributed by atoms with E-state index in [0.717, 1.165) is 18.2 Å². The van der Waals surface area contributed by atoms with Crippen molar-refractivity contribution in [3.05, 3.63) is 52.3 Å². The molecule has 1 aromatic carbocycles. The molecule has 1 aliphatic carbocycles. The molecule has 2 aromatic rings. The van der Waals surface area contributed by atoms with Gasteiger partial charge in [-0.15, -0.1) is 0 Å². The minimum Gasteiger partial charge on any atom is -0.337 e. The molecule has 4 rings (SSSR count). The summed E-state index contributed by atoms with van der Waals surface area (Å²) in [5, 5.41) is 4.51. The van der Waals surface area contributed by atoms with Crippen molar-refractivity contribution >= 4 is 29.1 Å². The molecule has 1 aliphatic heterocycles. The zero-order valence-corrected chi connectivity index (χ0v) is 19.3. The normalized spacial score (nSPS) is 19.2. The second-order valence-corrected chi connectivity index (χ2v) is 9.14. The van der Waals surface area contributed by atoms with Gasteiger partial charge < -0.3 is 15.2 Å². The van der Waals surface area contributed by atoms with Crippen LogP contribution in [0, 0.1) is 18.6 Å². The number of carbonyl (C=O) groups excluding carboxylic acids is 4. The molecule has 0 spiro atoms. The van der Waals surface area contributed by atoms with E-state index in [1.807, 2.05) is 0 Å². The standard InChI is InChI=1S/C24H22F5N3O4/c1-3-17(33)23(9-24(28,29)10-23)31-22(36)20(34)18-11(2)19(32-8-12(25)6-16(18)32)21(35)30-13-4-5-14(26)15(27)7-13/h4-5,7,12H,3,6,8-10H2,1-2H3,(H,30,35)(H,31,36)/t12-/m1/s1. The summed E-state index contributed by atoms with van der Waals surface area (Å²) in [6.45, 7) is 2.50. The summed E-state index contributed by atoms with van der Waals surface area (Å²) in [6.07, 6.45) is -3.77. The van der Waals surface area contributed by atoms with Crippen LogP contribution < -0.4 is 10.6 Å². The quantitative estimate of drug-likeness (QED) is 0.337. The number of benzene rings is 1. The molecule has 0 unspecified atom stereocenters. The van der Waals surface area contributed by atoms with E-state index < -0.39 is 65.5 Å². The van der Waals surface area contributed by atoms with Crippen LogP contribution in [0.4, 0.5) is 27.6 Å². The van der Waals surface area contributed by atoms with Crippen molar-refractivity contribution in [3.63, 3.8) is 0 Å². The van der Waals surface area contributed by atoms with E-state index in [-0.39, 0.29) is 47.6 Å². The lowest BCUT2D eigenvalue weighted by Gasteiger charge is -2.46. The molecule has 2 amide bonds. The zero-order valence-electron chi connectivity index (χ0n) is 19.3. The fourth-order valence-electron chi connectivity index (χ4n) is 4.96. The minimum absolute atomic E-state index is 0.0203. The lowest BCUT2D eigenvalue weighted by molar-refractivity contribution is -0.163. The molecule has 0 saturated heterocycles. The molecular weight excluding hydrogens is 489 g/mol. The molecule has 2 N–H and O–H groups in total. The first-order chi connectivity index (χ1) is 16.8. The molecule has 0 radical (unpaired) electrons. The number of carbonyl (C=O) groups is 4. The van der Waals surface area contributed by atoms with Crippen molar-refractivity contribution in [1.82, 2.24) is 9.88 Å². The Kier molecular flexibility index (Phi) is 6.26. The van der Waals surface area contributed by atoms with Gasteiger partial charge in [-0.05, 0) is 24.6 Å². The van der Waals surface area contributed by atoms with E-state index in [0.29, 0.717) is 0 Å². The number of ketones is 2. The lowest BCUT2D eigenvalue weighted by atomic mass is 9.69. The van der Waals surface area contributed by atoms with E-state index in [2.05, 4.69) is 10.6 Å². The molecule has 7 nitrogen and oxygen atoms in total. The van der Waals surface area contributed by atoms with Crippen LogP contribution in [-0.2, 0) is 22.6 Å². The molecule has 192 valence electrons. The van der Waals surface area contributed by atoms with Gasteiger partial charge >= 0.3 is 0 Å². The topological polar surface area (TPSA) is 97.3 Å². The monoisotopic (exact) mass is 511 g/mol. The van der Waals surface area contributed by atoms with Crippen LogP contribution in [0.2, 0.25) is 0 Å². The summed E-state index contributed by atoms with van der Waals surface area (Å²) in [6, 6.07) is 2.65. The third-order valence-electron chi connectivity index (χ3n) is 6.56. The number of aromatic nitrogens is 1. The average Bonchev–Trinajstić information content (AvgIpc) is 3.26. The van der Waals surface area contributed by atoms with E-state index in [1.54, 1.807) is 0 Å². The Balaban J connectivity index is 1.65. The van der Waals surface area contributed by atoms with Gasteiger partial charge in [-0.3, -0.25) is 19.2 Å². The molecule has 2 aliphatic rings. The van der Waals surface area contributed by atoms with Gasteiger partial charge in [0.05, 0.1) is 12.1 Å². The van der Waals surface area contributed by atoms with Crippen molar-refractivity contribution in [2.45, 2.75) is 63.7 Å². The van der Waals surface area contributed by atoms with Crippen LogP contribution in [0.3, 0.4) is 0 Å². The number of hydrogen-bond donors (Lipinski definition) is 2. The third kappa shape index (κ3) is 4.28. The largest absolute Gasteiger partial charge is 0.337 e. The van der Waals surface area contributed by atoms with E-state index in [9.17, 15) is 41.1 Å². The molecule has 36 heavy (non-hydrogen) atoms. The van der Waals surface area contributed by atoms with Crippen molar-refractivity contribution < 1.29 is 41.1 Å². The van der Waals surface area contributed by atoms with Gasteiger partial charge in [0, 0.05) is 43.1 Å². The number of amides is 2. The number of Topliss-reactive ketones (excluding diaryl/α,β-unsaturated/α-hetero) is 2. The Bertz CT molecular complexity index is 1300. The molecule has 1 aromatic heterocycles. The number of alkyl halides is 3. The highest BCUT2D eigenvalue weighted by Crippen LogP contribution is 2.46. The number of fused-ring (bicyclic) bond motifs is 1. The molecule has 1 saturated carbocycles. The second-order valence-electron chi connectivity index (χ2n) is 9.14. The molecule has 12 heteroatoms. The van der Waals surface area contributed by atoms with Gasteiger partial charge in [0.1, 0.15) is 17.4 Å². The van der Waals surface area contributed by atoms with Crippen LogP contribution in [0.5, 0.6) is 0 Å². The Morgan fingerprint density at radius 2 is 1.78 bits per heavy atom. The van der Waals surface area contributed by atoms with E-state index in [4.69, 9.17) is 0 Å².